The first kappa shape index (κ1) is 35.5. The van der Waals surface area contributed by atoms with Crippen LogP contribution in [0.3, 0.4) is 0 Å². The van der Waals surface area contributed by atoms with Gasteiger partial charge in [-0.3, -0.25) is 0 Å². The lowest BCUT2D eigenvalue weighted by atomic mass is 9.97. The molecule has 0 aliphatic rings. The van der Waals surface area contributed by atoms with E-state index in [1.807, 2.05) is 12.1 Å². The molecule has 0 fully saturated rings. The van der Waals surface area contributed by atoms with Crippen LogP contribution in [0.2, 0.25) is 0 Å². The minimum absolute atomic E-state index is 0.608. The van der Waals surface area contributed by atoms with E-state index in [-0.39, 0.29) is 0 Å². The number of fused-ring (bicyclic) bond motifs is 7. The molecule has 0 unspecified atom stereocenters. The Hall–Kier alpha value is -8.41. The van der Waals surface area contributed by atoms with Gasteiger partial charge in [-0.1, -0.05) is 182 Å². The molecule has 3 aromatic heterocycles. The average molecular weight is 793 g/mol. The van der Waals surface area contributed by atoms with Crippen LogP contribution < -0.4 is 0 Å². The maximum Gasteiger partial charge on any atom is 0.164 e. The molecule has 0 atom stereocenters. The normalized spacial score (nSPS) is 11.5. The maximum atomic E-state index is 6.64. The molecule has 0 N–H and O–H groups in total. The second kappa shape index (κ2) is 14.7. The smallest absolute Gasteiger partial charge is 0.164 e. The third-order valence-electron chi connectivity index (χ3n) is 11.9. The zero-order valence-electron chi connectivity index (χ0n) is 33.5. The van der Waals surface area contributed by atoms with Crippen LogP contribution in [0.4, 0.5) is 0 Å². The van der Waals surface area contributed by atoms with Crippen LogP contribution in [0, 0.1) is 0 Å². The van der Waals surface area contributed by atoms with Gasteiger partial charge in [0, 0.05) is 38.5 Å². The minimum Gasteiger partial charge on any atom is -0.456 e. The van der Waals surface area contributed by atoms with Crippen molar-refractivity contribution in [1.29, 1.82) is 0 Å². The maximum absolute atomic E-state index is 6.64. The predicted octanol–water partition coefficient (Wildman–Crippen LogP) is 14.9. The number of para-hydroxylation sites is 2. The second-order valence-electron chi connectivity index (χ2n) is 15.6. The van der Waals surface area contributed by atoms with Gasteiger partial charge < -0.3 is 8.98 Å². The van der Waals surface area contributed by atoms with E-state index in [4.69, 9.17) is 19.4 Å². The Kier molecular flexibility index (Phi) is 8.42. The van der Waals surface area contributed by atoms with Gasteiger partial charge in [-0.15, -0.1) is 0 Å². The molecule has 290 valence electrons. The predicted molar refractivity (Wildman–Crippen MR) is 254 cm³/mol. The van der Waals surface area contributed by atoms with E-state index in [0.717, 1.165) is 88.7 Å². The molecule has 62 heavy (non-hydrogen) atoms. The largest absolute Gasteiger partial charge is 0.456 e. The van der Waals surface area contributed by atoms with E-state index in [2.05, 4.69) is 211 Å². The van der Waals surface area contributed by atoms with Crippen LogP contribution in [0.1, 0.15) is 0 Å². The van der Waals surface area contributed by atoms with Crippen molar-refractivity contribution >= 4 is 43.7 Å². The molecule has 3 heterocycles. The number of hydrogen-bond acceptors (Lipinski definition) is 4. The number of benzene rings is 9. The van der Waals surface area contributed by atoms with Gasteiger partial charge in [0.05, 0.1) is 16.4 Å². The summed E-state index contributed by atoms with van der Waals surface area (Å²) in [7, 11) is 0. The van der Waals surface area contributed by atoms with Crippen molar-refractivity contribution in [3.05, 3.63) is 218 Å². The molecule has 5 nitrogen and oxygen atoms in total. The van der Waals surface area contributed by atoms with Crippen molar-refractivity contribution in [2.75, 3.05) is 0 Å². The highest BCUT2D eigenvalue weighted by atomic mass is 16.3. The number of aromatic nitrogens is 4. The summed E-state index contributed by atoms with van der Waals surface area (Å²) < 4.78 is 9.01. The molecule has 12 rings (SSSR count). The van der Waals surface area contributed by atoms with Gasteiger partial charge in [-0.05, 0) is 69.8 Å². The molecule has 0 spiro atoms. The van der Waals surface area contributed by atoms with Gasteiger partial charge in [-0.2, -0.15) is 0 Å². The quantitative estimate of drug-likeness (QED) is 0.161. The first-order chi connectivity index (χ1) is 30.7. The minimum atomic E-state index is 0.608. The van der Waals surface area contributed by atoms with Crippen molar-refractivity contribution in [3.63, 3.8) is 0 Å². The Balaban J connectivity index is 0.986. The van der Waals surface area contributed by atoms with E-state index in [1.54, 1.807) is 0 Å². The second-order valence-corrected chi connectivity index (χ2v) is 15.6. The van der Waals surface area contributed by atoms with Crippen LogP contribution in [0.25, 0.3) is 117 Å². The van der Waals surface area contributed by atoms with Crippen LogP contribution in [0.5, 0.6) is 0 Å². The van der Waals surface area contributed by atoms with E-state index in [1.165, 1.54) is 10.8 Å². The molecule has 12 aromatic rings. The van der Waals surface area contributed by atoms with Gasteiger partial charge in [-0.25, -0.2) is 15.0 Å². The summed E-state index contributed by atoms with van der Waals surface area (Å²) in [6.45, 7) is 0. The summed E-state index contributed by atoms with van der Waals surface area (Å²) >= 11 is 0. The van der Waals surface area contributed by atoms with Crippen LogP contribution in [0.15, 0.2) is 223 Å². The SMILES string of the molecule is c1ccc(-c2ccc(-c3nc(-c4ccc(-c5ccccc5)cc4)nc(-c4ccc(-c5cccc6oc7ccc8c9ccccc9n(-c9ccccc9)c8c7c56)cc4)n3)cc2)cc1. The van der Waals surface area contributed by atoms with Gasteiger partial charge >= 0.3 is 0 Å². The summed E-state index contributed by atoms with van der Waals surface area (Å²) in [6.07, 6.45) is 0. The van der Waals surface area contributed by atoms with Gasteiger partial charge in [0.15, 0.2) is 17.5 Å². The van der Waals surface area contributed by atoms with E-state index >= 15 is 0 Å². The summed E-state index contributed by atoms with van der Waals surface area (Å²) in [4.78, 5) is 15.3. The van der Waals surface area contributed by atoms with Crippen LogP contribution >= 0.6 is 0 Å². The Bertz CT molecular complexity index is 3480. The molecule has 0 saturated heterocycles. The standard InChI is InChI=1S/C57H36N4O/c1-4-13-37(14-5-1)39-23-29-42(30-24-39)55-58-56(43-31-25-40(26-32-43)38-15-6-2-7-16-38)60-57(59-55)44-33-27-41(28-34-44)46-20-12-22-50-52(46)53-51(62-50)36-35-48-47-19-10-11-21-49(47)61(54(48)53)45-17-8-3-9-18-45/h1-36H. The van der Waals surface area contributed by atoms with Crippen molar-refractivity contribution in [1.82, 2.24) is 19.5 Å². The molecule has 0 aliphatic carbocycles. The van der Waals surface area contributed by atoms with Gasteiger partial charge in [0.1, 0.15) is 11.2 Å². The fraction of sp³-hybridized carbons (Fsp3) is 0. The molecule has 0 bridgehead atoms. The third-order valence-corrected chi connectivity index (χ3v) is 11.9. The lowest BCUT2D eigenvalue weighted by Gasteiger charge is -2.11. The fourth-order valence-corrected chi connectivity index (χ4v) is 8.89. The Labute approximate surface area is 357 Å². The summed E-state index contributed by atoms with van der Waals surface area (Å²) in [5, 5.41) is 4.58. The van der Waals surface area contributed by atoms with Crippen molar-refractivity contribution in [2.24, 2.45) is 0 Å². The lowest BCUT2D eigenvalue weighted by molar-refractivity contribution is 0.669. The van der Waals surface area contributed by atoms with Crippen molar-refractivity contribution in [2.45, 2.75) is 0 Å². The molecule has 5 heteroatoms. The summed E-state index contributed by atoms with van der Waals surface area (Å²) in [5.74, 6) is 1.85. The molecule has 0 saturated carbocycles. The third kappa shape index (κ3) is 6.06. The number of nitrogens with zero attached hydrogens (tertiary/aromatic N) is 4. The highest BCUT2D eigenvalue weighted by molar-refractivity contribution is 6.27. The summed E-state index contributed by atoms with van der Waals surface area (Å²) in [5.41, 5.74) is 14.6. The van der Waals surface area contributed by atoms with Gasteiger partial charge in [0.2, 0.25) is 0 Å². The number of hydrogen-bond donors (Lipinski definition) is 0. The zero-order chi connectivity index (χ0) is 41.0. The fourth-order valence-electron chi connectivity index (χ4n) is 8.89. The van der Waals surface area contributed by atoms with E-state index < -0.39 is 0 Å². The molecule has 0 amide bonds. The molecule has 9 aromatic carbocycles. The average Bonchev–Trinajstić information content (AvgIpc) is 3.91. The lowest BCUT2D eigenvalue weighted by Crippen LogP contribution is -2.00. The van der Waals surface area contributed by atoms with Crippen molar-refractivity contribution < 1.29 is 4.42 Å². The first-order valence-corrected chi connectivity index (χ1v) is 20.8. The molecular formula is C57H36N4O. The van der Waals surface area contributed by atoms with Crippen LogP contribution in [-0.4, -0.2) is 19.5 Å². The monoisotopic (exact) mass is 792 g/mol. The first-order valence-electron chi connectivity index (χ1n) is 20.8. The van der Waals surface area contributed by atoms with Crippen molar-refractivity contribution in [3.8, 4) is 73.2 Å². The summed E-state index contributed by atoms with van der Waals surface area (Å²) in [6, 6.07) is 76.2. The molecular weight excluding hydrogens is 757 g/mol. The zero-order valence-corrected chi connectivity index (χ0v) is 33.5. The molecule has 0 radical (unpaired) electrons. The van der Waals surface area contributed by atoms with E-state index in [0.29, 0.717) is 17.5 Å². The van der Waals surface area contributed by atoms with E-state index in [9.17, 15) is 0 Å². The van der Waals surface area contributed by atoms with Gasteiger partial charge in [0.25, 0.3) is 0 Å². The highest BCUT2D eigenvalue weighted by Gasteiger charge is 2.21. The number of rotatable bonds is 7. The topological polar surface area (TPSA) is 56.7 Å². The Morgan fingerprint density at radius 1 is 0.306 bits per heavy atom. The Morgan fingerprint density at radius 3 is 1.32 bits per heavy atom. The molecule has 0 aliphatic heterocycles. The number of furan rings is 1. The highest BCUT2D eigenvalue weighted by Crippen LogP contribution is 2.44. The Morgan fingerprint density at radius 2 is 0.758 bits per heavy atom. The van der Waals surface area contributed by atoms with Crippen LogP contribution in [-0.2, 0) is 0 Å².